The van der Waals surface area contributed by atoms with E-state index in [9.17, 15) is 14.9 Å². The molecule has 0 unspecified atom stereocenters. The van der Waals surface area contributed by atoms with E-state index in [-0.39, 0.29) is 17.9 Å². The number of carbonyl (C=O) groups is 1. The Balaban J connectivity index is 2.39. The predicted octanol–water partition coefficient (Wildman–Crippen LogP) is 1.97. The van der Waals surface area contributed by atoms with Gasteiger partial charge in [0, 0.05) is 18.3 Å². The van der Waals surface area contributed by atoms with Gasteiger partial charge in [-0.3, -0.25) is 10.1 Å². The first-order valence-electron chi connectivity index (χ1n) is 6.10. The molecule has 0 spiro atoms. The molecule has 0 aliphatic carbocycles. The molecule has 2 rings (SSSR count). The van der Waals surface area contributed by atoms with Crippen molar-refractivity contribution in [2.45, 2.75) is 6.92 Å². The molecule has 0 amide bonds. The first kappa shape index (κ1) is 14.5. The van der Waals surface area contributed by atoms with Gasteiger partial charge in [-0.1, -0.05) is 0 Å². The molecule has 0 aliphatic heterocycles. The van der Waals surface area contributed by atoms with Gasteiger partial charge in [-0.15, -0.1) is 0 Å². The molecule has 0 bridgehead atoms. The molecule has 110 valence electrons. The summed E-state index contributed by atoms with van der Waals surface area (Å²) in [7, 11) is 1.41. The van der Waals surface area contributed by atoms with E-state index in [1.54, 1.807) is 13.0 Å². The van der Waals surface area contributed by atoms with Gasteiger partial charge in [0.25, 0.3) is 5.69 Å². The minimum Gasteiger partial charge on any atom is -0.496 e. The van der Waals surface area contributed by atoms with E-state index in [2.05, 4.69) is 5.10 Å². The second kappa shape index (κ2) is 6.04. The van der Waals surface area contributed by atoms with Gasteiger partial charge in [-0.25, -0.2) is 9.48 Å². The summed E-state index contributed by atoms with van der Waals surface area (Å²) in [6.45, 7) is 1.96. The van der Waals surface area contributed by atoms with Gasteiger partial charge in [0.05, 0.1) is 42.2 Å². The van der Waals surface area contributed by atoms with E-state index in [0.29, 0.717) is 11.4 Å². The van der Waals surface area contributed by atoms with Gasteiger partial charge in [0.2, 0.25) is 0 Å². The van der Waals surface area contributed by atoms with Crippen molar-refractivity contribution in [3.8, 4) is 11.4 Å². The Labute approximate surface area is 120 Å². The van der Waals surface area contributed by atoms with E-state index in [0.717, 1.165) is 0 Å². The third kappa shape index (κ3) is 3.16. The SMILES string of the molecule is CCOC(=O)c1cnn(-c2cc(OC)cc([N+](=O)[O-])c2)c1. The van der Waals surface area contributed by atoms with E-state index in [1.165, 1.54) is 36.3 Å². The number of rotatable bonds is 5. The summed E-state index contributed by atoms with van der Waals surface area (Å²) in [6, 6.07) is 4.22. The normalized spacial score (nSPS) is 10.2. The number of methoxy groups -OCH3 is 1. The zero-order valence-corrected chi connectivity index (χ0v) is 11.5. The third-order valence-corrected chi connectivity index (χ3v) is 2.68. The quantitative estimate of drug-likeness (QED) is 0.474. The van der Waals surface area contributed by atoms with Crippen molar-refractivity contribution in [1.29, 1.82) is 0 Å². The zero-order valence-electron chi connectivity index (χ0n) is 11.5. The molecule has 0 saturated heterocycles. The molecule has 8 heteroatoms. The van der Waals surface area contributed by atoms with Crippen molar-refractivity contribution in [2.75, 3.05) is 13.7 Å². The zero-order chi connectivity index (χ0) is 15.4. The van der Waals surface area contributed by atoms with Crippen molar-refractivity contribution < 1.29 is 19.2 Å². The molecule has 0 saturated carbocycles. The average Bonchev–Trinajstić information content (AvgIpc) is 2.97. The van der Waals surface area contributed by atoms with Crippen LogP contribution in [0.15, 0.2) is 30.6 Å². The molecule has 1 heterocycles. The number of ether oxygens (including phenoxy) is 2. The van der Waals surface area contributed by atoms with Crippen LogP contribution in [0, 0.1) is 10.1 Å². The molecule has 2 aromatic rings. The van der Waals surface area contributed by atoms with Crippen LogP contribution in [0.4, 0.5) is 5.69 Å². The number of non-ortho nitro benzene ring substituents is 1. The van der Waals surface area contributed by atoms with Crippen LogP contribution in [0.25, 0.3) is 5.69 Å². The number of nitro groups is 1. The highest BCUT2D eigenvalue weighted by atomic mass is 16.6. The predicted molar refractivity (Wildman–Crippen MR) is 72.7 cm³/mol. The summed E-state index contributed by atoms with van der Waals surface area (Å²) in [4.78, 5) is 22.0. The lowest BCUT2D eigenvalue weighted by Gasteiger charge is -2.05. The highest BCUT2D eigenvalue weighted by molar-refractivity contribution is 5.88. The molecule has 8 nitrogen and oxygen atoms in total. The summed E-state index contributed by atoms with van der Waals surface area (Å²) >= 11 is 0. The second-order valence-electron chi connectivity index (χ2n) is 4.04. The molecular weight excluding hydrogens is 278 g/mol. The fourth-order valence-corrected chi connectivity index (χ4v) is 1.71. The van der Waals surface area contributed by atoms with Crippen LogP contribution < -0.4 is 4.74 Å². The van der Waals surface area contributed by atoms with E-state index < -0.39 is 10.9 Å². The number of aromatic nitrogens is 2. The van der Waals surface area contributed by atoms with Crippen molar-refractivity contribution in [3.05, 3.63) is 46.3 Å². The fourth-order valence-electron chi connectivity index (χ4n) is 1.71. The Morgan fingerprint density at radius 1 is 1.43 bits per heavy atom. The maximum absolute atomic E-state index is 11.6. The Morgan fingerprint density at radius 3 is 2.81 bits per heavy atom. The topological polar surface area (TPSA) is 96.5 Å². The monoisotopic (exact) mass is 291 g/mol. The maximum Gasteiger partial charge on any atom is 0.341 e. The van der Waals surface area contributed by atoms with Crippen LogP contribution in [-0.2, 0) is 4.74 Å². The molecule has 0 radical (unpaired) electrons. The van der Waals surface area contributed by atoms with Gasteiger partial charge >= 0.3 is 5.97 Å². The Hall–Kier alpha value is -2.90. The van der Waals surface area contributed by atoms with Crippen LogP contribution in [0.5, 0.6) is 5.75 Å². The molecule has 0 fully saturated rings. The molecular formula is C13H13N3O5. The summed E-state index contributed by atoms with van der Waals surface area (Å²) < 4.78 is 11.2. The third-order valence-electron chi connectivity index (χ3n) is 2.68. The number of carbonyl (C=O) groups excluding carboxylic acids is 1. The Bertz CT molecular complexity index is 680. The van der Waals surface area contributed by atoms with Crippen LogP contribution in [-0.4, -0.2) is 34.4 Å². The summed E-state index contributed by atoms with van der Waals surface area (Å²) in [5.74, 6) is -0.173. The Kier molecular flexibility index (Phi) is 4.17. The van der Waals surface area contributed by atoms with Crippen LogP contribution >= 0.6 is 0 Å². The first-order chi connectivity index (χ1) is 10.0. The lowest BCUT2D eigenvalue weighted by molar-refractivity contribution is -0.384. The van der Waals surface area contributed by atoms with Gasteiger partial charge in [0.15, 0.2) is 0 Å². The van der Waals surface area contributed by atoms with Crippen LogP contribution in [0.2, 0.25) is 0 Å². The van der Waals surface area contributed by atoms with Gasteiger partial charge in [0.1, 0.15) is 5.75 Å². The van der Waals surface area contributed by atoms with E-state index >= 15 is 0 Å². The minimum atomic E-state index is -0.526. The molecule has 1 aromatic heterocycles. The van der Waals surface area contributed by atoms with Crippen molar-refractivity contribution >= 4 is 11.7 Å². The lowest BCUT2D eigenvalue weighted by atomic mass is 10.2. The fraction of sp³-hybridized carbons (Fsp3) is 0.231. The first-order valence-corrected chi connectivity index (χ1v) is 6.10. The average molecular weight is 291 g/mol. The number of esters is 1. The van der Waals surface area contributed by atoms with Crippen molar-refractivity contribution in [1.82, 2.24) is 9.78 Å². The maximum atomic E-state index is 11.6. The van der Waals surface area contributed by atoms with Crippen molar-refractivity contribution in [3.63, 3.8) is 0 Å². The van der Waals surface area contributed by atoms with Crippen LogP contribution in [0.3, 0.4) is 0 Å². The minimum absolute atomic E-state index is 0.127. The number of nitro benzene ring substituents is 1. The second-order valence-corrected chi connectivity index (χ2v) is 4.04. The molecule has 0 aliphatic rings. The molecule has 1 aromatic carbocycles. The smallest absolute Gasteiger partial charge is 0.341 e. The highest BCUT2D eigenvalue weighted by Gasteiger charge is 2.14. The van der Waals surface area contributed by atoms with Gasteiger partial charge < -0.3 is 9.47 Å². The molecule has 0 atom stereocenters. The summed E-state index contributed by atoms with van der Waals surface area (Å²) in [5.41, 5.74) is 0.552. The summed E-state index contributed by atoms with van der Waals surface area (Å²) in [6.07, 6.45) is 2.78. The van der Waals surface area contributed by atoms with Gasteiger partial charge in [-0.2, -0.15) is 5.10 Å². The van der Waals surface area contributed by atoms with Crippen LogP contribution in [0.1, 0.15) is 17.3 Å². The standard InChI is InChI=1S/C13H13N3O5/c1-3-21-13(17)9-7-14-15(8-9)10-4-11(16(18)19)6-12(5-10)20-2/h4-8H,3H2,1-2H3. The number of benzene rings is 1. The molecule has 0 N–H and O–H groups in total. The van der Waals surface area contributed by atoms with E-state index in [4.69, 9.17) is 9.47 Å². The lowest BCUT2D eigenvalue weighted by Crippen LogP contribution is -2.03. The largest absolute Gasteiger partial charge is 0.496 e. The van der Waals surface area contributed by atoms with E-state index in [1.807, 2.05) is 0 Å². The number of nitrogens with zero attached hydrogens (tertiary/aromatic N) is 3. The highest BCUT2D eigenvalue weighted by Crippen LogP contribution is 2.24. The molecule has 21 heavy (non-hydrogen) atoms. The number of hydrogen-bond acceptors (Lipinski definition) is 6. The van der Waals surface area contributed by atoms with Gasteiger partial charge in [-0.05, 0) is 6.92 Å². The summed E-state index contributed by atoms with van der Waals surface area (Å²) in [5, 5.41) is 14.9. The number of hydrogen-bond donors (Lipinski definition) is 0. The Morgan fingerprint density at radius 2 is 2.19 bits per heavy atom. The van der Waals surface area contributed by atoms with Crippen molar-refractivity contribution in [2.24, 2.45) is 0 Å².